The maximum absolute atomic E-state index is 13.5. The molecule has 6 nitrogen and oxygen atoms in total. The molecule has 0 spiro atoms. The molecule has 1 fully saturated rings. The van der Waals surface area contributed by atoms with Crippen LogP contribution in [0.15, 0.2) is 24.3 Å². The van der Waals surface area contributed by atoms with E-state index in [0.717, 1.165) is 37.4 Å². The number of aromatic nitrogens is 2. The number of carbonyl (C=O) groups excluding carboxylic acids is 1. The van der Waals surface area contributed by atoms with E-state index < -0.39 is 5.60 Å². The van der Waals surface area contributed by atoms with E-state index in [0.29, 0.717) is 19.4 Å². The lowest BCUT2D eigenvalue weighted by atomic mass is 9.90. The number of nitrogens with zero attached hydrogens (tertiary/aromatic N) is 2. The number of fused-ring (bicyclic) bond motifs is 1. The van der Waals surface area contributed by atoms with Crippen LogP contribution in [-0.4, -0.2) is 46.7 Å². The zero-order chi connectivity index (χ0) is 19.6. The average Bonchev–Trinajstić information content (AvgIpc) is 3.13. The molecular formula is C22H30N4O2. The van der Waals surface area contributed by atoms with Crippen LogP contribution in [0.25, 0.3) is 0 Å². The Morgan fingerprint density at radius 2 is 1.89 bits per heavy atom. The largest absolute Gasteiger partial charge is 0.477 e. The van der Waals surface area contributed by atoms with Crippen molar-refractivity contribution in [3.05, 3.63) is 46.8 Å². The molecule has 0 unspecified atom stereocenters. The van der Waals surface area contributed by atoms with Crippen molar-refractivity contribution in [3.8, 4) is 5.75 Å². The number of ether oxygens (including phenoxy) is 1. The number of likely N-dealkylation sites (N-methyl/N-ethyl adjacent to an activating group) is 1. The number of piperidine rings is 1. The van der Waals surface area contributed by atoms with Crippen LogP contribution in [0.4, 0.5) is 0 Å². The molecule has 1 amide bonds. The van der Waals surface area contributed by atoms with Gasteiger partial charge in [0.15, 0.2) is 5.60 Å². The fourth-order valence-electron chi connectivity index (χ4n) is 4.35. The van der Waals surface area contributed by atoms with Gasteiger partial charge in [-0.05, 0) is 63.4 Å². The number of amides is 1. The number of hydrogen-bond acceptors (Lipinski definition) is 4. The molecule has 6 heteroatoms. The summed E-state index contributed by atoms with van der Waals surface area (Å²) in [6, 6.07) is 7.95. The van der Waals surface area contributed by atoms with Crippen molar-refractivity contribution in [2.45, 2.75) is 57.6 Å². The zero-order valence-corrected chi connectivity index (χ0v) is 16.9. The van der Waals surface area contributed by atoms with Crippen LogP contribution in [-0.2, 0) is 24.2 Å². The highest BCUT2D eigenvalue weighted by Crippen LogP contribution is 2.30. The van der Waals surface area contributed by atoms with Gasteiger partial charge >= 0.3 is 0 Å². The lowest BCUT2D eigenvalue weighted by Crippen LogP contribution is -2.56. The number of H-pyrrole nitrogens is 1. The number of aromatic amines is 1. The van der Waals surface area contributed by atoms with Gasteiger partial charge in [-0.3, -0.25) is 9.89 Å². The van der Waals surface area contributed by atoms with Gasteiger partial charge in [0.05, 0.1) is 12.2 Å². The number of nitrogens with one attached hydrogen (secondary N) is 2. The van der Waals surface area contributed by atoms with Gasteiger partial charge in [0.25, 0.3) is 5.91 Å². The normalized spacial score (nSPS) is 18.4. The second-order valence-corrected chi connectivity index (χ2v) is 8.16. The predicted molar refractivity (Wildman–Crippen MR) is 108 cm³/mol. The van der Waals surface area contributed by atoms with Gasteiger partial charge in [-0.25, -0.2) is 0 Å². The Morgan fingerprint density at radius 3 is 2.64 bits per heavy atom. The minimum absolute atomic E-state index is 0.0436. The summed E-state index contributed by atoms with van der Waals surface area (Å²) >= 11 is 0. The molecule has 0 atom stereocenters. The van der Waals surface area contributed by atoms with Crippen LogP contribution < -0.4 is 10.1 Å². The standard InChI is InChI=1S/C22H30N4O2/c1-16-7-9-17(10-8-16)28-22(11-13-23-14-12-22)21(27)26(2)15-20-18-5-3-4-6-19(18)24-25-20/h7-10,23H,3-6,11-15H2,1-2H3,(H,24,25). The summed E-state index contributed by atoms with van der Waals surface area (Å²) in [5, 5.41) is 11.0. The highest BCUT2D eigenvalue weighted by molar-refractivity contribution is 5.85. The third-order valence-corrected chi connectivity index (χ3v) is 6.01. The molecular weight excluding hydrogens is 352 g/mol. The Kier molecular flexibility index (Phi) is 5.40. The molecule has 0 saturated carbocycles. The first kappa shape index (κ1) is 19.0. The van der Waals surface area contributed by atoms with E-state index in [1.165, 1.54) is 29.7 Å². The predicted octanol–water partition coefficient (Wildman–Crippen LogP) is 2.76. The molecule has 150 valence electrons. The molecule has 0 bridgehead atoms. The highest BCUT2D eigenvalue weighted by atomic mass is 16.5. The summed E-state index contributed by atoms with van der Waals surface area (Å²) in [4.78, 5) is 15.3. The van der Waals surface area contributed by atoms with Gasteiger partial charge < -0.3 is 15.0 Å². The van der Waals surface area contributed by atoms with Gasteiger partial charge in [0, 0.05) is 25.6 Å². The van der Waals surface area contributed by atoms with Gasteiger partial charge in [-0.1, -0.05) is 17.7 Å². The Labute approximate surface area is 166 Å². The van der Waals surface area contributed by atoms with E-state index >= 15 is 0 Å². The van der Waals surface area contributed by atoms with Crippen molar-refractivity contribution >= 4 is 5.91 Å². The summed E-state index contributed by atoms with van der Waals surface area (Å²) in [6.07, 6.45) is 5.86. The minimum Gasteiger partial charge on any atom is -0.477 e. The van der Waals surface area contributed by atoms with Gasteiger partial charge in [0.2, 0.25) is 0 Å². The molecule has 1 aliphatic heterocycles. The van der Waals surface area contributed by atoms with E-state index in [-0.39, 0.29) is 5.91 Å². The van der Waals surface area contributed by atoms with Crippen molar-refractivity contribution in [2.24, 2.45) is 0 Å². The number of carbonyl (C=O) groups is 1. The molecule has 1 aromatic heterocycles. The summed E-state index contributed by atoms with van der Waals surface area (Å²) in [7, 11) is 1.87. The lowest BCUT2D eigenvalue weighted by molar-refractivity contribution is -0.150. The first-order chi connectivity index (χ1) is 13.6. The van der Waals surface area contributed by atoms with Crippen molar-refractivity contribution in [2.75, 3.05) is 20.1 Å². The van der Waals surface area contributed by atoms with E-state index in [2.05, 4.69) is 15.5 Å². The van der Waals surface area contributed by atoms with Crippen LogP contribution in [0.3, 0.4) is 0 Å². The maximum Gasteiger partial charge on any atom is 0.266 e. The van der Waals surface area contributed by atoms with E-state index in [9.17, 15) is 4.79 Å². The van der Waals surface area contributed by atoms with Crippen LogP contribution >= 0.6 is 0 Å². The molecule has 0 radical (unpaired) electrons. The van der Waals surface area contributed by atoms with Gasteiger partial charge in [-0.2, -0.15) is 5.10 Å². The van der Waals surface area contributed by atoms with Crippen molar-refractivity contribution in [1.82, 2.24) is 20.4 Å². The maximum atomic E-state index is 13.5. The number of benzene rings is 1. The Balaban J connectivity index is 1.53. The summed E-state index contributed by atoms with van der Waals surface area (Å²) < 4.78 is 6.35. The average molecular weight is 383 g/mol. The third kappa shape index (κ3) is 3.78. The summed E-state index contributed by atoms with van der Waals surface area (Å²) in [5.74, 6) is 0.800. The Bertz CT molecular complexity index is 822. The molecule has 1 saturated heterocycles. The molecule has 4 rings (SSSR count). The SMILES string of the molecule is Cc1ccc(OC2(C(=O)N(C)Cc3n[nH]c4c3CCCC4)CCNCC2)cc1. The number of rotatable bonds is 5. The molecule has 1 aliphatic carbocycles. The lowest BCUT2D eigenvalue weighted by Gasteiger charge is -2.39. The molecule has 2 aromatic rings. The molecule has 2 N–H and O–H groups in total. The number of hydrogen-bond donors (Lipinski definition) is 2. The van der Waals surface area contributed by atoms with Crippen molar-refractivity contribution < 1.29 is 9.53 Å². The molecule has 2 aliphatic rings. The Hall–Kier alpha value is -2.34. The minimum atomic E-state index is -0.814. The van der Waals surface area contributed by atoms with E-state index in [4.69, 9.17) is 4.74 Å². The second-order valence-electron chi connectivity index (χ2n) is 8.16. The molecule has 1 aromatic carbocycles. The smallest absolute Gasteiger partial charge is 0.266 e. The third-order valence-electron chi connectivity index (χ3n) is 6.01. The van der Waals surface area contributed by atoms with Crippen LogP contribution in [0.5, 0.6) is 5.75 Å². The zero-order valence-electron chi connectivity index (χ0n) is 16.9. The van der Waals surface area contributed by atoms with Crippen LogP contribution in [0.2, 0.25) is 0 Å². The fourth-order valence-corrected chi connectivity index (χ4v) is 4.35. The second kappa shape index (κ2) is 7.95. The van der Waals surface area contributed by atoms with Gasteiger partial charge in [-0.15, -0.1) is 0 Å². The van der Waals surface area contributed by atoms with E-state index in [1.807, 2.05) is 38.2 Å². The fraction of sp³-hybridized carbons (Fsp3) is 0.545. The topological polar surface area (TPSA) is 70.2 Å². The van der Waals surface area contributed by atoms with Crippen molar-refractivity contribution in [3.63, 3.8) is 0 Å². The molecule has 28 heavy (non-hydrogen) atoms. The van der Waals surface area contributed by atoms with E-state index in [1.54, 1.807) is 4.90 Å². The number of aryl methyl sites for hydroxylation is 2. The molecule has 2 heterocycles. The van der Waals surface area contributed by atoms with Crippen molar-refractivity contribution in [1.29, 1.82) is 0 Å². The monoisotopic (exact) mass is 382 g/mol. The summed E-state index contributed by atoms with van der Waals surface area (Å²) in [6.45, 7) is 4.14. The Morgan fingerprint density at radius 1 is 1.18 bits per heavy atom. The van der Waals surface area contributed by atoms with Crippen LogP contribution in [0, 0.1) is 6.92 Å². The first-order valence-corrected chi connectivity index (χ1v) is 10.3. The summed E-state index contributed by atoms with van der Waals surface area (Å²) in [5.41, 5.74) is 3.92. The quantitative estimate of drug-likeness (QED) is 0.834. The van der Waals surface area contributed by atoms with Crippen LogP contribution in [0.1, 0.15) is 48.2 Å². The highest BCUT2D eigenvalue weighted by Gasteiger charge is 2.44. The van der Waals surface area contributed by atoms with Gasteiger partial charge in [0.1, 0.15) is 5.75 Å². The first-order valence-electron chi connectivity index (χ1n) is 10.3.